The molecule has 0 aromatic carbocycles. The summed E-state index contributed by atoms with van der Waals surface area (Å²) in [7, 11) is 0. The highest BCUT2D eigenvalue weighted by molar-refractivity contribution is 8.00. The molecule has 0 saturated heterocycles. The molecule has 62 valence electrons. The van der Waals surface area contributed by atoms with Gasteiger partial charge in [0.05, 0.1) is 6.61 Å². The maximum absolute atomic E-state index is 8.67. The third kappa shape index (κ3) is 5.09. The van der Waals surface area contributed by atoms with Gasteiger partial charge >= 0.3 is 0 Å². The predicted octanol–water partition coefficient (Wildman–Crippen LogP) is 0.871. The molecule has 2 atom stereocenters. The standard InChI is InChI=1S/C7H16O2S/c1-6(3-4-8)10-7(2)5-9/h6-9H,3-5H2,1-2H3. The van der Waals surface area contributed by atoms with E-state index in [-0.39, 0.29) is 13.2 Å². The van der Waals surface area contributed by atoms with Crippen molar-refractivity contribution in [3.05, 3.63) is 0 Å². The van der Waals surface area contributed by atoms with Crippen molar-refractivity contribution < 1.29 is 10.2 Å². The van der Waals surface area contributed by atoms with Gasteiger partial charge in [0.25, 0.3) is 0 Å². The van der Waals surface area contributed by atoms with E-state index in [0.29, 0.717) is 10.5 Å². The van der Waals surface area contributed by atoms with E-state index >= 15 is 0 Å². The van der Waals surface area contributed by atoms with E-state index in [9.17, 15) is 0 Å². The molecular formula is C7H16O2S. The van der Waals surface area contributed by atoms with Gasteiger partial charge in [-0.3, -0.25) is 0 Å². The molecule has 10 heavy (non-hydrogen) atoms. The van der Waals surface area contributed by atoms with E-state index in [4.69, 9.17) is 10.2 Å². The number of hydrogen-bond donors (Lipinski definition) is 2. The highest BCUT2D eigenvalue weighted by Gasteiger charge is 2.06. The van der Waals surface area contributed by atoms with Crippen LogP contribution in [0.3, 0.4) is 0 Å². The van der Waals surface area contributed by atoms with Crippen molar-refractivity contribution in [3.8, 4) is 0 Å². The van der Waals surface area contributed by atoms with Gasteiger partial charge in [0.1, 0.15) is 0 Å². The minimum Gasteiger partial charge on any atom is -0.396 e. The van der Waals surface area contributed by atoms with Crippen molar-refractivity contribution in [1.29, 1.82) is 0 Å². The van der Waals surface area contributed by atoms with Crippen LogP contribution in [-0.4, -0.2) is 33.9 Å². The fraction of sp³-hybridized carbons (Fsp3) is 1.00. The number of hydrogen-bond acceptors (Lipinski definition) is 3. The Bertz CT molecular complexity index is 78.0. The van der Waals surface area contributed by atoms with Crippen LogP contribution < -0.4 is 0 Å². The maximum Gasteiger partial charge on any atom is 0.0547 e. The van der Waals surface area contributed by atoms with E-state index in [1.165, 1.54) is 0 Å². The van der Waals surface area contributed by atoms with Crippen LogP contribution in [0, 0.1) is 0 Å². The summed E-state index contributed by atoms with van der Waals surface area (Å²) in [5.41, 5.74) is 0. The fourth-order valence-electron chi connectivity index (χ4n) is 0.689. The number of thioether (sulfide) groups is 1. The van der Waals surface area contributed by atoms with Crippen LogP contribution in [0.5, 0.6) is 0 Å². The Labute approximate surface area is 66.6 Å². The van der Waals surface area contributed by atoms with Gasteiger partial charge in [-0.05, 0) is 6.42 Å². The minimum atomic E-state index is 0.223. The zero-order chi connectivity index (χ0) is 7.98. The third-order valence-electron chi connectivity index (χ3n) is 1.26. The molecule has 0 aliphatic carbocycles. The molecule has 2 N–H and O–H groups in total. The molecule has 0 aromatic heterocycles. The van der Waals surface area contributed by atoms with Crippen molar-refractivity contribution in [2.24, 2.45) is 0 Å². The molecule has 0 heterocycles. The van der Waals surface area contributed by atoms with Gasteiger partial charge in [-0.25, -0.2) is 0 Å². The lowest BCUT2D eigenvalue weighted by Crippen LogP contribution is -2.09. The van der Waals surface area contributed by atoms with Crippen LogP contribution in [0.15, 0.2) is 0 Å². The lowest BCUT2D eigenvalue weighted by atomic mass is 10.3. The predicted molar refractivity (Wildman–Crippen MR) is 45.3 cm³/mol. The quantitative estimate of drug-likeness (QED) is 0.633. The van der Waals surface area contributed by atoms with Crippen LogP contribution in [0.4, 0.5) is 0 Å². The molecular weight excluding hydrogens is 148 g/mol. The Balaban J connectivity index is 3.27. The Morgan fingerprint density at radius 2 is 1.80 bits per heavy atom. The molecule has 0 fully saturated rings. The molecule has 0 amide bonds. The first-order valence-corrected chi connectivity index (χ1v) is 4.52. The van der Waals surface area contributed by atoms with Crippen LogP contribution in [-0.2, 0) is 0 Å². The van der Waals surface area contributed by atoms with Gasteiger partial charge in [0, 0.05) is 17.1 Å². The molecule has 0 saturated carbocycles. The second kappa shape index (κ2) is 6.01. The Hall–Kier alpha value is 0.270. The lowest BCUT2D eigenvalue weighted by Gasteiger charge is -2.13. The Kier molecular flexibility index (Phi) is 6.17. The summed E-state index contributed by atoms with van der Waals surface area (Å²) in [6.45, 7) is 4.51. The number of aliphatic hydroxyl groups is 2. The number of aliphatic hydroxyl groups excluding tert-OH is 2. The second-order valence-corrected chi connectivity index (χ2v) is 4.33. The van der Waals surface area contributed by atoms with E-state index in [1.54, 1.807) is 11.8 Å². The van der Waals surface area contributed by atoms with Crippen LogP contribution in [0.25, 0.3) is 0 Å². The molecule has 2 unspecified atom stereocenters. The van der Waals surface area contributed by atoms with Gasteiger partial charge in [0.2, 0.25) is 0 Å². The highest BCUT2D eigenvalue weighted by atomic mass is 32.2. The van der Waals surface area contributed by atoms with Crippen LogP contribution >= 0.6 is 11.8 Å². The summed E-state index contributed by atoms with van der Waals surface area (Å²) < 4.78 is 0. The average molecular weight is 164 g/mol. The van der Waals surface area contributed by atoms with Gasteiger partial charge in [-0.1, -0.05) is 13.8 Å². The minimum absolute atomic E-state index is 0.223. The second-order valence-electron chi connectivity index (χ2n) is 2.45. The van der Waals surface area contributed by atoms with Crippen molar-refractivity contribution in [2.45, 2.75) is 30.8 Å². The van der Waals surface area contributed by atoms with Crippen molar-refractivity contribution in [2.75, 3.05) is 13.2 Å². The van der Waals surface area contributed by atoms with Gasteiger partial charge < -0.3 is 10.2 Å². The smallest absolute Gasteiger partial charge is 0.0547 e. The zero-order valence-corrected chi connectivity index (χ0v) is 7.40. The fourth-order valence-corrected chi connectivity index (χ4v) is 1.81. The molecule has 0 bridgehead atoms. The first kappa shape index (κ1) is 10.3. The van der Waals surface area contributed by atoms with Crippen molar-refractivity contribution >= 4 is 11.8 Å². The topological polar surface area (TPSA) is 40.5 Å². The first-order chi connectivity index (χ1) is 4.70. The molecule has 0 aliphatic rings. The van der Waals surface area contributed by atoms with E-state index in [2.05, 4.69) is 6.92 Å². The summed E-state index contributed by atoms with van der Waals surface area (Å²) in [6.07, 6.45) is 0.814. The van der Waals surface area contributed by atoms with Gasteiger partial charge in [0.15, 0.2) is 0 Å². The van der Waals surface area contributed by atoms with Crippen LogP contribution in [0.2, 0.25) is 0 Å². The first-order valence-electron chi connectivity index (χ1n) is 3.58. The summed E-state index contributed by atoms with van der Waals surface area (Å²) in [5.74, 6) is 0. The van der Waals surface area contributed by atoms with Gasteiger partial charge in [-0.2, -0.15) is 11.8 Å². The molecule has 3 heteroatoms. The maximum atomic E-state index is 8.67. The third-order valence-corrected chi connectivity index (χ3v) is 2.57. The van der Waals surface area contributed by atoms with E-state index < -0.39 is 0 Å². The summed E-state index contributed by atoms with van der Waals surface area (Å²) in [4.78, 5) is 0. The zero-order valence-electron chi connectivity index (χ0n) is 6.58. The van der Waals surface area contributed by atoms with Crippen molar-refractivity contribution in [1.82, 2.24) is 0 Å². The highest BCUT2D eigenvalue weighted by Crippen LogP contribution is 2.18. The van der Waals surface area contributed by atoms with E-state index in [0.717, 1.165) is 6.42 Å². The molecule has 0 spiro atoms. The summed E-state index contributed by atoms with van der Waals surface area (Å²) in [6, 6.07) is 0. The Morgan fingerprint density at radius 3 is 2.20 bits per heavy atom. The van der Waals surface area contributed by atoms with Gasteiger partial charge in [-0.15, -0.1) is 0 Å². The molecule has 0 radical (unpaired) electrons. The Morgan fingerprint density at radius 1 is 1.20 bits per heavy atom. The monoisotopic (exact) mass is 164 g/mol. The lowest BCUT2D eigenvalue weighted by molar-refractivity contribution is 0.287. The van der Waals surface area contributed by atoms with Crippen LogP contribution in [0.1, 0.15) is 20.3 Å². The molecule has 0 aromatic rings. The SMILES string of the molecule is CC(CO)SC(C)CCO. The summed E-state index contributed by atoms with van der Waals surface area (Å²) >= 11 is 1.71. The van der Waals surface area contributed by atoms with E-state index in [1.807, 2.05) is 6.92 Å². The largest absolute Gasteiger partial charge is 0.396 e. The average Bonchev–Trinajstić information content (AvgIpc) is 1.88. The normalized spacial score (nSPS) is 16.8. The number of rotatable bonds is 5. The molecule has 0 aliphatic heterocycles. The summed E-state index contributed by atoms with van der Waals surface area (Å²) in [5, 5.41) is 18.0. The molecule has 0 rings (SSSR count). The molecule has 2 nitrogen and oxygen atoms in total. The van der Waals surface area contributed by atoms with Crippen molar-refractivity contribution in [3.63, 3.8) is 0 Å².